The van der Waals surface area contributed by atoms with Gasteiger partial charge in [-0.05, 0) is 54.6 Å². The van der Waals surface area contributed by atoms with Crippen molar-refractivity contribution in [2.75, 3.05) is 6.61 Å². The molecule has 0 aromatic heterocycles. The molecular weight excluding hydrogens is 413 g/mol. The van der Waals surface area contributed by atoms with Crippen LogP contribution in [-0.4, -0.2) is 18.5 Å². The van der Waals surface area contributed by atoms with Crippen molar-refractivity contribution in [1.29, 1.82) is 0 Å². The number of halogens is 2. The first-order valence-corrected chi connectivity index (χ1v) is 9.47. The average Bonchev–Trinajstić information content (AvgIpc) is 2.73. The Kier molecular flexibility index (Phi) is 7.11. The van der Waals surface area contributed by atoms with E-state index >= 15 is 0 Å². The van der Waals surface area contributed by atoms with E-state index in [9.17, 15) is 9.59 Å². The van der Waals surface area contributed by atoms with Crippen molar-refractivity contribution in [1.82, 2.24) is 5.32 Å². The van der Waals surface area contributed by atoms with Gasteiger partial charge in [-0.15, -0.1) is 0 Å². The number of hydrogen-bond acceptors (Lipinski definition) is 4. The second kappa shape index (κ2) is 9.96. The number of esters is 1. The first-order valence-electron chi connectivity index (χ1n) is 8.72. The minimum atomic E-state index is -0.559. The predicted octanol–water partition coefficient (Wildman–Crippen LogP) is 4.91. The molecule has 1 N–H and O–H groups in total. The molecule has 3 aromatic rings. The van der Waals surface area contributed by atoms with Crippen molar-refractivity contribution < 1.29 is 19.1 Å². The highest BCUT2D eigenvalue weighted by Gasteiger charge is 2.12. The molecule has 148 valence electrons. The molecule has 0 aliphatic carbocycles. The summed E-state index contributed by atoms with van der Waals surface area (Å²) in [5.41, 5.74) is 1.15. The number of para-hydroxylation sites is 1. The zero-order chi connectivity index (χ0) is 20.6. The first-order chi connectivity index (χ1) is 14.0. The number of hydrogen-bond donors (Lipinski definition) is 1. The summed E-state index contributed by atoms with van der Waals surface area (Å²) in [4.78, 5) is 24.4. The fourth-order valence-electron chi connectivity index (χ4n) is 2.45. The van der Waals surface area contributed by atoms with Gasteiger partial charge in [-0.2, -0.15) is 0 Å². The average molecular weight is 430 g/mol. The van der Waals surface area contributed by atoms with Gasteiger partial charge in [0.1, 0.15) is 11.5 Å². The lowest BCUT2D eigenvalue weighted by atomic mass is 10.1. The predicted molar refractivity (Wildman–Crippen MR) is 112 cm³/mol. The summed E-state index contributed by atoms with van der Waals surface area (Å²) in [6.45, 7) is -0.0595. The van der Waals surface area contributed by atoms with Crippen LogP contribution in [0.5, 0.6) is 11.5 Å². The Hall–Kier alpha value is -3.02. The topological polar surface area (TPSA) is 64.6 Å². The van der Waals surface area contributed by atoms with Crippen LogP contribution < -0.4 is 14.8 Å². The lowest BCUT2D eigenvalue weighted by Gasteiger charge is -2.12. The number of rotatable bonds is 7. The molecule has 0 heterocycles. The van der Waals surface area contributed by atoms with E-state index in [1.807, 2.05) is 0 Å². The Morgan fingerprint density at radius 1 is 0.828 bits per heavy atom. The van der Waals surface area contributed by atoms with E-state index in [2.05, 4.69) is 5.32 Å². The second-order valence-corrected chi connectivity index (χ2v) is 6.89. The lowest BCUT2D eigenvalue weighted by Crippen LogP contribution is -2.24. The molecule has 0 radical (unpaired) electrons. The van der Waals surface area contributed by atoms with Crippen molar-refractivity contribution in [3.05, 3.63) is 94.0 Å². The fraction of sp³-hybridized carbons (Fsp3) is 0.0909. The molecule has 0 bridgehead atoms. The van der Waals surface area contributed by atoms with E-state index in [-0.39, 0.29) is 19.1 Å². The van der Waals surface area contributed by atoms with Crippen LogP contribution in [0.25, 0.3) is 0 Å². The van der Waals surface area contributed by atoms with Crippen LogP contribution in [0.3, 0.4) is 0 Å². The van der Waals surface area contributed by atoms with E-state index in [0.717, 1.165) is 0 Å². The van der Waals surface area contributed by atoms with Gasteiger partial charge in [0, 0.05) is 27.7 Å². The third kappa shape index (κ3) is 6.24. The maximum atomic E-state index is 12.3. The molecule has 0 aliphatic heterocycles. The van der Waals surface area contributed by atoms with E-state index in [1.54, 1.807) is 72.8 Å². The zero-order valence-corrected chi connectivity index (χ0v) is 16.7. The molecule has 0 atom stereocenters. The first kappa shape index (κ1) is 20.7. The molecule has 7 heteroatoms. The van der Waals surface area contributed by atoms with Crippen LogP contribution in [0.1, 0.15) is 15.9 Å². The quantitative estimate of drug-likeness (QED) is 0.428. The smallest absolute Gasteiger partial charge is 0.349 e. The maximum Gasteiger partial charge on any atom is 0.349 e. The van der Waals surface area contributed by atoms with Gasteiger partial charge in [-0.3, -0.25) is 4.79 Å². The molecule has 0 unspecified atom stereocenters. The largest absolute Gasteiger partial charge is 0.482 e. The number of amides is 1. The van der Waals surface area contributed by atoms with Crippen molar-refractivity contribution in [3.63, 3.8) is 0 Å². The Morgan fingerprint density at radius 3 is 2.14 bits per heavy atom. The molecular formula is C22H17Cl2NO4. The fourth-order valence-corrected chi connectivity index (χ4v) is 2.71. The molecule has 0 spiro atoms. The van der Waals surface area contributed by atoms with Crippen molar-refractivity contribution in [3.8, 4) is 11.5 Å². The number of carbonyl (C=O) groups excluding carboxylic acids is 2. The van der Waals surface area contributed by atoms with E-state index in [4.69, 9.17) is 32.7 Å². The molecule has 1 amide bonds. The summed E-state index contributed by atoms with van der Waals surface area (Å²) in [5.74, 6) is 0.0498. The Bertz CT molecular complexity index is 988. The van der Waals surface area contributed by atoms with Crippen LogP contribution in [0.2, 0.25) is 10.0 Å². The summed E-state index contributed by atoms with van der Waals surface area (Å²) in [5, 5.41) is 3.93. The third-order valence-corrected chi connectivity index (χ3v) is 4.42. The Labute approximate surface area is 178 Å². The van der Waals surface area contributed by atoms with E-state index in [1.165, 1.54) is 0 Å². The summed E-state index contributed by atoms with van der Waals surface area (Å²) in [6.07, 6.45) is 0. The molecule has 0 saturated heterocycles. The Morgan fingerprint density at radius 2 is 1.45 bits per heavy atom. The molecule has 0 saturated carbocycles. The summed E-state index contributed by atoms with van der Waals surface area (Å²) in [6, 6.07) is 20.2. The Balaban J connectivity index is 1.56. The summed E-state index contributed by atoms with van der Waals surface area (Å²) in [7, 11) is 0. The minimum Gasteiger partial charge on any atom is -0.482 e. The molecule has 0 aliphatic rings. The number of ether oxygens (including phenoxy) is 2. The zero-order valence-electron chi connectivity index (χ0n) is 15.2. The number of carbonyl (C=O) groups is 2. The maximum absolute atomic E-state index is 12.3. The molecule has 29 heavy (non-hydrogen) atoms. The SMILES string of the molecule is O=C(COc1ccc(Cl)cc1)Oc1ccccc1CNC(=O)c1ccc(Cl)cc1. The molecule has 5 nitrogen and oxygen atoms in total. The van der Waals surface area contributed by atoms with Gasteiger partial charge >= 0.3 is 5.97 Å². The highest BCUT2D eigenvalue weighted by atomic mass is 35.5. The van der Waals surface area contributed by atoms with Crippen LogP contribution in [-0.2, 0) is 11.3 Å². The van der Waals surface area contributed by atoms with Crippen LogP contribution in [0.15, 0.2) is 72.8 Å². The highest BCUT2D eigenvalue weighted by Crippen LogP contribution is 2.19. The number of nitrogens with one attached hydrogen (secondary N) is 1. The van der Waals surface area contributed by atoms with Gasteiger partial charge in [0.2, 0.25) is 0 Å². The lowest BCUT2D eigenvalue weighted by molar-refractivity contribution is -0.136. The second-order valence-electron chi connectivity index (χ2n) is 6.01. The van der Waals surface area contributed by atoms with E-state index in [0.29, 0.717) is 32.7 Å². The van der Waals surface area contributed by atoms with Crippen LogP contribution in [0.4, 0.5) is 0 Å². The third-order valence-electron chi connectivity index (χ3n) is 3.91. The molecule has 0 fully saturated rings. The van der Waals surface area contributed by atoms with Gasteiger partial charge in [0.15, 0.2) is 6.61 Å². The van der Waals surface area contributed by atoms with E-state index < -0.39 is 5.97 Å². The number of benzene rings is 3. The van der Waals surface area contributed by atoms with Gasteiger partial charge in [0.25, 0.3) is 5.91 Å². The summed E-state index contributed by atoms with van der Waals surface area (Å²) < 4.78 is 10.8. The van der Waals surface area contributed by atoms with Gasteiger partial charge < -0.3 is 14.8 Å². The van der Waals surface area contributed by atoms with Gasteiger partial charge in [-0.25, -0.2) is 4.79 Å². The van der Waals surface area contributed by atoms with Crippen molar-refractivity contribution in [2.45, 2.75) is 6.54 Å². The summed E-state index contributed by atoms with van der Waals surface area (Å²) >= 11 is 11.6. The van der Waals surface area contributed by atoms with Crippen LogP contribution in [0, 0.1) is 0 Å². The highest BCUT2D eigenvalue weighted by molar-refractivity contribution is 6.30. The minimum absolute atomic E-state index is 0.197. The standard InChI is InChI=1S/C22H17Cl2NO4/c23-17-7-5-15(6-8-17)22(27)25-13-16-3-1-2-4-20(16)29-21(26)14-28-19-11-9-18(24)10-12-19/h1-12H,13-14H2,(H,25,27). The normalized spacial score (nSPS) is 10.3. The van der Waals surface area contributed by atoms with Crippen molar-refractivity contribution >= 4 is 35.1 Å². The van der Waals surface area contributed by atoms with Crippen molar-refractivity contribution in [2.24, 2.45) is 0 Å². The monoisotopic (exact) mass is 429 g/mol. The van der Waals surface area contributed by atoms with Crippen LogP contribution >= 0.6 is 23.2 Å². The molecule has 3 aromatic carbocycles. The molecule has 3 rings (SSSR count). The van der Waals surface area contributed by atoms with Gasteiger partial charge in [0.05, 0.1) is 0 Å². The van der Waals surface area contributed by atoms with Gasteiger partial charge in [-0.1, -0.05) is 41.4 Å².